The van der Waals surface area contributed by atoms with Gasteiger partial charge in [-0.1, -0.05) is 17.4 Å². The average molecular weight is 494 g/mol. The van der Waals surface area contributed by atoms with Gasteiger partial charge in [-0.15, -0.1) is 23.1 Å². The zero-order chi connectivity index (χ0) is 21.4. The Balaban J connectivity index is 0.00000272. The van der Waals surface area contributed by atoms with Crippen LogP contribution in [0.3, 0.4) is 0 Å². The second-order valence-corrected chi connectivity index (χ2v) is 8.97. The molecule has 3 aliphatic heterocycles. The molecule has 2 amide bonds. The monoisotopic (exact) mass is 493 g/mol. The van der Waals surface area contributed by atoms with Gasteiger partial charge in [0, 0.05) is 23.3 Å². The summed E-state index contributed by atoms with van der Waals surface area (Å²) in [5.41, 5.74) is 6.18. The van der Waals surface area contributed by atoms with Crippen LogP contribution in [0.1, 0.15) is 12.1 Å². The molecule has 0 radical (unpaired) electrons. The van der Waals surface area contributed by atoms with E-state index in [1.807, 2.05) is 0 Å². The van der Waals surface area contributed by atoms with Gasteiger partial charge in [0.1, 0.15) is 23.9 Å². The number of amides is 2. The number of carbonyl (C=O) groups excluding carboxylic acids is 2. The summed E-state index contributed by atoms with van der Waals surface area (Å²) in [6.07, 6.45) is 0.243. The van der Waals surface area contributed by atoms with Crippen LogP contribution in [-0.4, -0.2) is 74.3 Å². The number of ether oxygens (including phenoxy) is 2. The first-order valence-electron chi connectivity index (χ1n) is 8.72. The molecule has 0 spiro atoms. The molecule has 1 aromatic rings. The molecule has 0 aromatic carbocycles. The number of oxime groups is 1. The summed E-state index contributed by atoms with van der Waals surface area (Å²) < 4.78 is 10.6. The quantitative estimate of drug-likeness (QED) is 0.0889. The molecule has 0 aliphatic carbocycles. The van der Waals surface area contributed by atoms with Gasteiger partial charge in [-0.3, -0.25) is 14.5 Å². The summed E-state index contributed by atoms with van der Waals surface area (Å²) in [4.78, 5) is 30.5. The van der Waals surface area contributed by atoms with E-state index in [1.54, 1.807) is 0 Å². The van der Waals surface area contributed by atoms with Crippen LogP contribution >= 0.6 is 35.3 Å². The van der Waals surface area contributed by atoms with Gasteiger partial charge in [0.2, 0.25) is 0 Å². The van der Waals surface area contributed by atoms with Crippen molar-refractivity contribution >= 4 is 63.0 Å². The molecule has 15 heteroatoms. The third-order valence-corrected chi connectivity index (χ3v) is 6.98. The number of hydrogen-bond acceptors (Lipinski definition) is 12. The molecule has 1 aromatic heterocycles. The van der Waals surface area contributed by atoms with E-state index in [9.17, 15) is 19.9 Å². The van der Waals surface area contributed by atoms with Gasteiger partial charge in [-0.2, -0.15) is 0 Å². The van der Waals surface area contributed by atoms with Crippen LogP contribution in [-0.2, 0) is 19.1 Å². The number of carbonyl (C=O) groups is 2. The van der Waals surface area contributed by atoms with Crippen LogP contribution < -0.4 is 45.7 Å². The normalized spacial score (nSPS) is 25.5. The summed E-state index contributed by atoms with van der Waals surface area (Å²) >= 11 is 7.34. The summed E-state index contributed by atoms with van der Waals surface area (Å²) in [5, 5.41) is 27.4. The van der Waals surface area contributed by atoms with Crippen LogP contribution in [0.25, 0.3) is 0 Å². The molecule has 4 heterocycles. The van der Waals surface area contributed by atoms with E-state index in [4.69, 9.17) is 27.4 Å². The minimum atomic E-state index is -0.896. The fourth-order valence-corrected chi connectivity index (χ4v) is 5.56. The number of β-lactam (4-membered cyclic amide) rings is 1. The first-order chi connectivity index (χ1) is 14.4. The average Bonchev–Trinajstić information content (AvgIpc) is 3.38. The van der Waals surface area contributed by atoms with Crippen molar-refractivity contribution in [1.29, 1.82) is 0 Å². The summed E-state index contributed by atoms with van der Waals surface area (Å²) in [7, 11) is 0. The third kappa shape index (κ3) is 4.75. The van der Waals surface area contributed by atoms with Crippen molar-refractivity contribution < 1.29 is 58.9 Å². The van der Waals surface area contributed by atoms with E-state index >= 15 is 0 Å². The van der Waals surface area contributed by atoms with Gasteiger partial charge in [0.05, 0.1) is 12.7 Å². The van der Waals surface area contributed by atoms with Crippen molar-refractivity contribution in [2.45, 2.75) is 23.9 Å². The Morgan fingerprint density at radius 3 is 2.90 bits per heavy atom. The third-order valence-electron chi connectivity index (χ3n) is 4.77. The molecule has 160 valence electrons. The van der Waals surface area contributed by atoms with E-state index in [2.05, 4.69) is 15.5 Å². The maximum atomic E-state index is 12.8. The minimum absolute atomic E-state index is 0. The van der Waals surface area contributed by atoms with Crippen molar-refractivity contribution in [3.05, 3.63) is 22.3 Å². The predicted octanol–water partition coefficient (Wildman–Crippen LogP) is -3.99. The topological polar surface area (TPSA) is 162 Å². The first-order valence-corrected chi connectivity index (χ1v) is 11.1. The Morgan fingerprint density at radius 1 is 1.55 bits per heavy atom. The van der Waals surface area contributed by atoms with E-state index in [1.165, 1.54) is 22.0 Å². The molecule has 4 N–H and O–H groups in total. The number of thioether (sulfide) groups is 1. The van der Waals surface area contributed by atoms with Gasteiger partial charge < -0.3 is 30.8 Å². The second kappa shape index (κ2) is 10.1. The van der Waals surface area contributed by atoms with Crippen molar-refractivity contribution in [1.82, 2.24) is 15.2 Å². The molecule has 2 fully saturated rings. The van der Waals surface area contributed by atoms with Crippen LogP contribution in [0, 0.1) is 0 Å². The molecule has 0 saturated carbocycles. The number of fused-ring (bicyclic) bond motifs is 1. The number of nitrogens with one attached hydrogen (secondary N) is 1. The fourth-order valence-electron chi connectivity index (χ4n) is 3.41. The van der Waals surface area contributed by atoms with Crippen LogP contribution in [0.4, 0.5) is 5.13 Å². The summed E-state index contributed by atoms with van der Waals surface area (Å²) in [5.74, 6) is -0.786. The molecule has 2 saturated heterocycles. The number of thiazole rings is 1. The van der Waals surface area contributed by atoms with E-state index < -0.39 is 28.3 Å². The zero-order valence-corrected chi connectivity index (χ0v) is 20.7. The SMILES string of the molecule is Nc1nc(/C(=N/O)C(=O)NC2C(=O)N3C(C([O-])=S)=C(CC4COCO4)CS[C@H]23)cs1.[Na+]. The number of anilines is 1. The minimum Gasteiger partial charge on any atom is -0.863 e. The van der Waals surface area contributed by atoms with Crippen molar-refractivity contribution in [3.8, 4) is 0 Å². The fraction of sp³-hybridized carbons (Fsp3) is 0.438. The number of nitrogens with zero attached hydrogens (tertiary/aromatic N) is 3. The Kier molecular flexibility index (Phi) is 7.96. The maximum Gasteiger partial charge on any atom is 1.00 e. The molecule has 31 heavy (non-hydrogen) atoms. The molecule has 0 bridgehead atoms. The molecule has 3 atom stereocenters. The van der Waals surface area contributed by atoms with Crippen molar-refractivity contribution in [2.24, 2.45) is 5.16 Å². The van der Waals surface area contributed by atoms with Gasteiger partial charge in [-0.05, 0) is 10.6 Å². The molecular weight excluding hydrogens is 477 g/mol. The number of hydrogen-bond donors (Lipinski definition) is 3. The molecule has 4 rings (SSSR count). The molecule has 2 unspecified atom stereocenters. The number of rotatable bonds is 6. The van der Waals surface area contributed by atoms with E-state index in [-0.39, 0.29) is 64.7 Å². The second-order valence-electron chi connectivity index (χ2n) is 6.60. The largest absolute Gasteiger partial charge is 1.00 e. The number of aromatic nitrogens is 1. The summed E-state index contributed by atoms with van der Waals surface area (Å²) in [6.45, 7) is 0.606. The Morgan fingerprint density at radius 2 is 2.32 bits per heavy atom. The number of nitrogens with two attached hydrogens (primary N) is 1. The predicted molar refractivity (Wildman–Crippen MR) is 110 cm³/mol. The number of thiocarbonyl (C=S) groups is 1. The van der Waals surface area contributed by atoms with Crippen LogP contribution in [0.5, 0.6) is 0 Å². The van der Waals surface area contributed by atoms with E-state index in [0.29, 0.717) is 18.8 Å². The molecular formula is C16H16N5NaO6S3. The van der Waals surface area contributed by atoms with Crippen LogP contribution in [0.15, 0.2) is 21.8 Å². The first kappa shape index (κ1) is 24.4. The van der Waals surface area contributed by atoms with Crippen LogP contribution in [0.2, 0.25) is 0 Å². The van der Waals surface area contributed by atoms with Crippen molar-refractivity contribution in [2.75, 3.05) is 24.9 Å². The van der Waals surface area contributed by atoms with E-state index in [0.717, 1.165) is 16.9 Å². The van der Waals surface area contributed by atoms with Crippen molar-refractivity contribution in [3.63, 3.8) is 0 Å². The van der Waals surface area contributed by atoms with Gasteiger partial charge in [0.15, 0.2) is 10.8 Å². The Labute approximate surface area is 212 Å². The molecule has 3 aliphatic rings. The smallest absolute Gasteiger partial charge is 0.863 e. The zero-order valence-electron chi connectivity index (χ0n) is 16.3. The maximum absolute atomic E-state index is 12.8. The Bertz CT molecular complexity index is 963. The number of nitrogen functional groups attached to an aromatic ring is 1. The Hall–Kier alpha value is -1.26. The summed E-state index contributed by atoms with van der Waals surface area (Å²) in [6, 6.07) is -0.896. The van der Waals surface area contributed by atoms with Gasteiger partial charge in [0.25, 0.3) is 11.8 Å². The van der Waals surface area contributed by atoms with Gasteiger partial charge >= 0.3 is 29.6 Å². The standard InChI is InChI=1S/C16H17N5O6S3.Na/c17-16-18-8(4-30-16)9(20-25)12(22)19-10-13(23)21-11(15(24)28)6(3-29-14(10)21)1-7-2-26-5-27-7;/h4,7,10,14,25H,1-3,5H2,(H2,17,18)(H,19,22)(H,24,28);/q;+1/p-1/b20-9-;/t7?,10?,14-;/m1./s1. The van der Waals surface area contributed by atoms with Gasteiger partial charge in [-0.25, -0.2) is 4.98 Å². The molecule has 11 nitrogen and oxygen atoms in total.